The largest absolute Gasteiger partial charge is 0.456 e. The lowest BCUT2D eigenvalue weighted by Gasteiger charge is -2.16. The molecule has 65 heavy (non-hydrogen) atoms. The van der Waals surface area contributed by atoms with Gasteiger partial charge in [0.15, 0.2) is 5.82 Å². The molecule has 4 aromatic heterocycles. The molecule has 0 bridgehead atoms. The van der Waals surface area contributed by atoms with E-state index in [9.17, 15) is 0 Å². The Morgan fingerprint density at radius 3 is 1.80 bits per heavy atom. The number of aromatic nitrogens is 3. The van der Waals surface area contributed by atoms with E-state index >= 15 is 0 Å². The Labute approximate surface area is 372 Å². The van der Waals surface area contributed by atoms with Crippen LogP contribution in [0.25, 0.3) is 138 Å². The number of fused-ring (bicyclic) bond motifs is 11. The summed E-state index contributed by atoms with van der Waals surface area (Å²) in [6.07, 6.45) is 0. The van der Waals surface area contributed by atoms with Gasteiger partial charge in [-0.3, -0.25) is 0 Å². The molecule has 5 nitrogen and oxygen atoms in total. The lowest BCUT2D eigenvalue weighted by Crippen LogP contribution is -2.01. The second-order valence-electron chi connectivity index (χ2n) is 16.9. The summed E-state index contributed by atoms with van der Waals surface area (Å²) < 4.78 is 16.0. The predicted octanol–water partition coefficient (Wildman–Crippen LogP) is 16.3. The third kappa shape index (κ3) is 5.52. The summed E-state index contributed by atoms with van der Waals surface area (Å²) in [5.41, 5.74) is 13.0. The van der Waals surface area contributed by atoms with Crippen LogP contribution in [0, 0.1) is 0 Å². The Bertz CT molecular complexity index is 4230. The van der Waals surface area contributed by atoms with Crippen molar-refractivity contribution >= 4 is 87.2 Å². The highest BCUT2D eigenvalue weighted by Crippen LogP contribution is 2.45. The minimum absolute atomic E-state index is 0.597. The number of furan rings is 2. The van der Waals surface area contributed by atoms with E-state index in [1.165, 1.54) is 21.5 Å². The molecule has 4 heterocycles. The van der Waals surface area contributed by atoms with E-state index in [2.05, 4.69) is 187 Å². The van der Waals surface area contributed by atoms with Gasteiger partial charge in [0, 0.05) is 43.4 Å². The van der Waals surface area contributed by atoms with Gasteiger partial charge in [0.05, 0.1) is 33.7 Å². The highest BCUT2D eigenvalue weighted by atomic mass is 16.3. The maximum absolute atomic E-state index is 7.16. The number of hydrogen-bond acceptors (Lipinski definition) is 4. The second kappa shape index (κ2) is 13.9. The van der Waals surface area contributed by atoms with Crippen LogP contribution in [0.5, 0.6) is 0 Å². The maximum Gasteiger partial charge on any atom is 0.161 e. The molecule has 302 valence electrons. The molecule has 0 unspecified atom stereocenters. The van der Waals surface area contributed by atoms with Crippen LogP contribution in [0.1, 0.15) is 0 Å². The van der Waals surface area contributed by atoms with Crippen molar-refractivity contribution in [2.45, 2.75) is 0 Å². The van der Waals surface area contributed by atoms with Gasteiger partial charge in [0.25, 0.3) is 0 Å². The zero-order chi connectivity index (χ0) is 42.6. The van der Waals surface area contributed by atoms with Crippen LogP contribution < -0.4 is 0 Å². The third-order valence-corrected chi connectivity index (χ3v) is 13.2. The normalized spacial score (nSPS) is 12.0. The van der Waals surface area contributed by atoms with Crippen LogP contribution in [0.2, 0.25) is 0 Å². The predicted molar refractivity (Wildman–Crippen MR) is 268 cm³/mol. The topological polar surface area (TPSA) is 57.0 Å². The fourth-order valence-corrected chi connectivity index (χ4v) is 10.1. The first-order valence-electron chi connectivity index (χ1n) is 22.0. The fraction of sp³-hybridized carbons (Fsp3) is 0. The van der Waals surface area contributed by atoms with E-state index < -0.39 is 0 Å². The summed E-state index contributed by atoms with van der Waals surface area (Å²) in [5, 5.41) is 11.1. The molecular formula is C60H35N3O2. The van der Waals surface area contributed by atoms with Gasteiger partial charge >= 0.3 is 0 Å². The zero-order valence-corrected chi connectivity index (χ0v) is 34.9. The first-order valence-corrected chi connectivity index (χ1v) is 22.0. The molecule has 0 aliphatic rings. The Hall–Kier alpha value is -8.80. The van der Waals surface area contributed by atoms with Crippen molar-refractivity contribution < 1.29 is 8.83 Å². The van der Waals surface area contributed by atoms with Crippen LogP contribution >= 0.6 is 0 Å². The van der Waals surface area contributed by atoms with Gasteiger partial charge in [-0.05, 0) is 93.3 Å². The first kappa shape index (κ1) is 35.8. The molecule has 14 rings (SSSR count). The van der Waals surface area contributed by atoms with Gasteiger partial charge in [0.2, 0.25) is 0 Å². The van der Waals surface area contributed by atoms with Crippen LogP contribution in [-0.4, -0.2) is 14.5 Å². The molecule has 0 amide bonds. The standard InChI is InChI=1S/C60H35N3O2/c1-2-13-36(14-3-1)37-25-27-38(28-26-37)49-35-50(62-60(61-49)46-21-12-24-55-57(46)45-20-9-11-23-54(45)64-55)58-52(30-29-44-48-32-40-16-5-7-18-42(40)34-56(48)65-59(44)58)63-51-22-10-8-19-43(51)47-31-39-15-4-6-17-41(39)33-53(47)63/h1-35H. The Balaban J connectivity index is 1.11. The van der Waals surface area contributed by atoms with Gasteiger partial charge < -0.3 is 13.4 Å². The van der Waals surface area contributed by atoms with Gasteiger partial charge in [-0.25, -0.2) is 9.97 Å². The van der Waals surface area contributed by atoms with Crippen molar-refractivity contribution in [2.24, 2.45) is 0 Å². The summed E-state index contributed by atoms with van der Waals surface area (Å²) >= 11 is 0. The number of benzene rings is 10. The summed E-state index contributed by atoms with van der Waals surface area (Å²) in [4.78, 5) is 11.1. The molecule has 0 saturated carbocycles. The van der Waals surface area contributed by atoms with E-state index in [0.29, 0.717) is 5.82 Å². The minimum Gasteiger partial charge on any atom is -0.456 e. The van der Waals surface area contributed by atoms with E-state index in [-0.39, 0.29) is 0 Å². The van der Waals surface area contributed by atoms with E-state index in [4.69, 9.17) is 18.8 Å². The Morgan fingerprint density at radius 2 is 0.985 bits per heavy atom. The molecule has 0 atom stereocenters. The van der Waals surface area contributed by atoms with Gasteiger partial charge in [-0.1, -0.05) is 152 Å². The third-order valence-electron chi connectivity index (χ3n) is 13.2. The number of para-hydroxylation sites is 2. The van der Waals surface area contributed by atoms with Crippen LogP contribution in [0.3, 0.4) is 0 Å². The molecule has 0 spiro atoms. The number of rotatable bonds is 5. The smallest absolute Gasteiger partial charge is 0.161 e. The van der Waals surface area contributed by atoms with Crippen LogP contribution in [-0.2, 0) is 0 Å². The maximum atomic E-state index is 7.16. The number of nitrogens with zero attached hydrogens (tertiary/aromatic N) is 3. The van der Waals surface area contributed by atoms with Gasteiger partial charge in [0.1, 0.15) is 22.3 Å². The summed E-state index contributed by atoms with van der Waals surface area (Å²) in [7, 11) is 0. The molecule has 10 aromatic carbocycles. The lowest BCUT2D eigenvalue weighted by molar-refractivity contribution is 0.669. The molecule has 5 heteroatoms. The molecule has 0 radical (unpaired) electrons. The molecule has 0 aliphatic carbocycles. The minimum atomic E-state index is 0.597. The molecule has 0 aliphatic heterocycles. The molecule has 0 N–H and O–H groups in total. The molecule has 0 fully saturated rings. The SMILES string of the molecule is c1ccc(-c2ccc(-c3cc(-c4c(-n5c6ccccc6c6cc7ccccc7cc65)ccc5c4oc4cc6ccccc6cc45)nc(-c4cccc5oc6ccccc6c45)n3)cc2)cc1. The van der Waals surface area contributed by atoms with Crippen molar-refractivity contribution in [3.8, 4) is 50.7 Å². The summed E-state index contributed by atoms with van der Waals surface area (Å²) in [6.45, 7) is 0. The molecule has 0 saturated heterocycles. The van der Waals surface area contributed by atoms with E-state index in [0.717, 1.165) is 111 Å². The van der Waals surface area contributed by atoms with E-state index in [1.807, 2.05) is 30.3 Å². The van der Waals surface area contributed by atoms with Crippen LogP contribution in [0.15, 0.2) is 221 Å². The van der Waals surface area contributed by atoms with Crippen molar-refractivity contribution in [1.29, 1.82) is 0 Å². The second-order valence-corrected chi connectivity index (χ2v) is 16.9. The molecule has 14 aromatic rings. The fourth-order valence-electron chi connectivity index (χ4n) is 10.1. The zero-order valence-electron chi connectivity index (χ0n) is 34.9. The summed E-state index contributed by atoms with van der Waals surface area (Å²) in [5.74, 6) is 0.597. The average molecular weight is 830 g/mol. The van der Waals surface area contributed by atoms with E-state index in [1.54, 1.807) is 0 Å². The quantitative estimate of drug-likeness (QED) is 0.173. The monoisotopic (exact) mass is 829 g/mol. The highest BCUT2D eigenvalue weighted by molar-refractivity contribution is 6.18. The molecular weight excluding hydrogens is 795 g/mol. The van der Waals surface area contributed by atoms with Gasteiger partial charge in [-0.15, -0.1) is 0 Å². The van der Waals surface area contributed by atoms with Crippen LogP contribution in [0.4, 0.5) is 0 Å². The van der Waals surface area contributed by atoms with Gasteiger partial charge in [-0.2, -0.15) is 0 Å². The average Bonchev–Trinajstić information content (AvgIpc) is 4.04. The van der Waals surface area contributed by atoms with Crippen molar-refractivity contribution in [3.63, 3.8) is 0 Å². The highest BCUT2D eigenvalue weighted by Gasteiger charge is 2.25. The Morgan fingerprint density at radius 1 is 0.354 bits per heavy atom. The number of hydrogen-bond donors (Lipinski definition) is 0. The lowest BCUT2D eigenvalue weighted by atomic mass is 9.99. The van der Waals surface area contributed by atoms with Crippen molar-refractivity contribution in [1.82, 2.24) is 14.5 Å². The van der Waals surface area contributed by atoms with Crippen molar-refractivity contribution in [3.05, 3.63) is 212 Å². The van der Waals surface area contributed by atoms with Crippen molar-refractivity contribution in [2.75, 3.05) is 0 Å². The summed E-state index contributed by atoms with van der Waals surface area (Å²) in [6, 6.07) is 74.9. The first-order chi connectivity index (χ1) is 32.2. The Kier molecular flexibility index (Phi) is 7.62.